The van der Waals surface area contributed by atoms with Crippen molar-refractivity contribution in [2.45, 2.75) is 24.6 Å². The first-order chi connectivity index (χ1) is 17.2. The van der Waals surface area contributed by atoms with Crippen LogP contribution in [0.2, 0.25) is 0 Å². The molecule has 1 atom stereocenters. The average Bonchev–Trinajstić information content (AvgIpc) is 3.29. The van der Waals surface area contributed by atoms with Gasteiger partial charge in [-0.05, 0) is 48.7 Å². The smallest absolute Gasteiger partial charge is 0.264 e. The molecule has 0 bridgehead atoms. The number of fused-ring (bicyclic) bond motifs is 1. The van der Waals surface area contributed by atoms with E-state index >= 15 is 0 Å². The normalized spacial score (nSPS) is 16.5. The van der Waals surface area contributed by atoms with Crippen molar-refractivity contribution in [2.24, 2.45) is 0 Å². The van der Waals surface area contributed by atoms with Gasteiger partial charge in [0.2, 0.25) is 0 Å². The van der Waals surface area contributed by atoms with Crippen LogP contribution in [-0.2, 0) is 25.9 Å². The molecule has 11 heteroatoms. The lowest BCUT2D eigenvalue weighted by Gasteiger charge is -2.26. The Bertz CT molecular complexity index is 1300. The zero-order valence-electron chi connectivity index (χ0n) is 20.5. The second-order valence-electron chi connectivity index (χ2n) is 9.19. The number of hydrogen-bond donors (Lipinski definition) is 2. The molecule has 0 radical (unpaired) electrons. The minimum absolute atomic E-state index is 0.0356. The van der Waals surface area contributed by atoms with Crippen LogP contribution in [0.1, 0.15) is 13.3 Å². The number of aromatic nitrogens is 2. The van der Waals surface area contributed by atoms with Gasteiger partial charge in [0.05, 0.1) is 18.7 Å². The lowest BCUT2D eigenvalue weighted by atomic mass is 10.0. The highest BCUT2D eigenvalue weighted by molar-refractivity contribution is 7.92. The van der Waals surface area contributed by atoms with E-state index in [0.717, 1.165) is 66.9 Å². The summed E-state index contributed by atoms with van der Waals surface area (Å²) in [7, 11) is -3.77. The summed E-state index contributed by atoms with van der Waals surface area (Å²) < 4.78 is 35.5. The van der Waals surface area contributed by atoms with Crippen LogP contribution in [0.25, 0.3) is 22.0 Å². The Morgan fingerprint density at radius 2 is 1.83 bits per heavy atom. The number of nitrogens with one attached hydrogen (secondary N) is 1. The number of amides is 1. The van der Waals surface area contributed by atoms with Crippen LogP contribution in [0.4, 0.5) is 0 Å². The van der Waals surface area contributed by atoms with Gasteiger partial charge in [-0.3, -0.25) is 19.6 Å². The highest BCUT2D eigenvalue weighted by Gasteiger charge is 2.43. The molecule has 4 rings (SSSR count). The van der Waals surface area contributed by atoms with Crippen molar-refractivity contribution in [1.82, 2.24) is 20.2 Å². The van der Waals surface area contributed by atoms with Crippen LogP contribution in [0.15, 0.2) is 48.7 Å². The molecule has 0 aliphatic carbocycles. The second kappa shape index (κ2) is 11.0. The molecular weight excluding hydrogens is 484 g/mol. The number of aryl methyl sites for hydroxylation is 1. The minimum Gasteiger partial charge on any atom is -0.492 e. The number of morpholine rings is 1. The highest BCUT2D eigenvalue weighted by atomic mass is 32.2. The van der Waals surface area contributed by atoms with E-state index < -0.39 is 20.5 Å². The SMILES string of the molecule is C[C@@](CCn1cc2cc(-c3ccc(OCCN4CCOCC4)cc3)ccc2n1)(C(=O)NO)S(C)(=O)=O. The maximum absolute atomic E-state index is 12.2. The van der Waals surface area contributed by atoms with Gasteiger partial charge in [0.25, 0.3) is 5.91 Å². The molecule has 2 N–H and O–H groups in total. The molecule has 0 spiro atoms. The molecule has 1 aliphatic heterocycles. The summed E-state index contributed by atoms with van der Waals surface area (Å²) in [6.07, 6.45) is 2.77. The van der Waals surface area contributed by atoms with Gasteiger partial charge in [-0.2, -0.15) is 5.10 Å². The fourth-order valence-electron chi connectivity index (χ4n) is 4.15. The largest absolute Gasteiger partial charge is 0.492 e. The van der Waals surface area contributed by atoms with E-state index in [1.807, 2.05) is 48.7 Å². The quantitative estimate of drug-likeness (QED) is 0.310. The van der Waals surface area contributed by atoms with Crippen molar-refractivity contribution in [3.05, 3.63) is 48.7 Å². The number of sulfone groups is 1. The van der Waals surface area contributed by atoms with Crippen molar-refractivity contribution >= 4 is 26.6 Å². The van der Waals surface area contributed by atoms with Gasteiger partial charge in [0, 0.05) is 44.0 Å². The fourth-order valence-corrected chi connectivity index (χ4v) is 4.99. The van der Waals surface area contributed by atoms with Gasteiger partial charge < -0.3 is 9.47 Å². The predicted octanol–water partition coefficient (Wildman–Crippen LogP) is 2.11. The molecule has 0 unspecified atom stereocenters. The summed E-state index contributed by atoms with van der Waals surface area (Å²) in [4.78, 5) is 14.4. The highest BCUT2D eigenvalue weighted by Crippen LogP contribution is 2.27. The topological polar surface area (TPSA) is 123 Å². The molecule has 2 heterocycles. The molecule has 2 aromatic carbocycles. The summed E-state index contributed by atoms with van der Waals surface area (Å²) in [5, 5.41) is 14.4. The van der Waals surface area contributed by atoms with Crippen LogP contribution >= 0.6 is 0 Å². The molecule has 36 heavy (non-hydrogen) atoms. The van der Waals surface area contributed by atoms with Crippen molar-refractivity contribution in [3.63, 3.8) is 0 Å². The third-order valence-corrected chi connectivity index (χ3v) is 8.76. The van der Waals surface area contributed by atoms with Crippen LogP contribution in [0.5, 0.6) is 5.75 Å². The minimum atomic E-state index is -3.77. The van der Waals surface area contributed by atoms with Crippen LogP contribution in [0, 0.1) is 0 Å². The van der Waals surface area contributed by atoms with E-state index in [-0.39, 0.29) is 13.0 Å². The molecule has 0 saturated carbocycles. The van der Waals surface area contributed by atoms with Crippen molar-refractivity contribution in [2.75, 3.05) is 45.7 Å². The molecule has 1 aromatic heterocycles. The lowest BCUT2D eigenvalue weighted by molar-refractivity contribution is -0.131. The lowest BCUT2D eigenvalue weighted by Crippen LogP contribution is -2.49. The van der Waals surface area contributed by atoms with Crippen molar-refractivity contribution in [1.29, 1.82) is 0 Å². The number of benzene rings is 2. The fraction of sp³-hybridized carbons (Fsp3) is 0.440. The molecule has 1 saturated heterocycles. The third-order valence-electron chi connectivity index (χ3n) is 6.74. The van der Waals surface area contributed by atoms with Crippen LogP contribution in [0.3, 0.4) is 0 Å². The maximum Gasteiger partial charge on any atom is 0.264 e. The summed E-state index contributed by atoms with van der Waals surface area (Å²) in [5.74, 6) is -0.140. The van der Waals surface area contributed by atoms with Crippen LogP contribution in [-0.4, -0.2) is 84.7 Å². The van der Waals surface area contributed by atoms with E-state index in [1.54, 1.807) is 4.68 Å². The Balaban J connectivity index is 1.40. The molecule has 1 fully saturated rings. The Labute approximate surface area is 210 Å². The van der Waals surface area contributed by atoms with E-state index in [1.165, 1.54) is 12.4 Å². The Hall–Kier alpha value is -2.99. The number of hydrogen-bond acceptors (Lipinski definition) is 8. The summed E-state index contributed by atoms with van der Waals surface area (Å²) >= 11 is 0. The van der Waals surface area contributed by atoms with Gasteiger partial charge in [0.1, 0.15) is 12.4 Å². The van der Waals surface area contributed by atoms with Gasteiger partial charge in [-0.1, -0.05) is 18.2 Å². The predicted molar refractivity (Wildman–Crippen MR) is 136 cm³/mol. The zero-order chi connectivity index (χ0) is 25.8. The number of carbonyl (C=O) groups is 1. The number of hydroxylamine groups is 1. The molecule has 1 amide bonds. The van der Waals surface area contributed by atoms with E-state index in [4.69, 9.17) is 14.7 Å². The first kappa shape index (κ1) is 26.1. The first-order valence-electron chi connectivity index (χ1n) is 11.8. The summed E-state index contributed by atoms with van der Waals surface area (Å²) in [5.41, 5.74) is 4.28. The molecular formula is C25H32N4O6S. The summed E-state index contributed by atoms with van der Waals surface area (Å²) in [6, 6.07) is 13.9. The third kappa shape index (κ3) is 5.86. The van der Waals surface area contributed by atoms with E-state index in [9.17, 15) is 13.2 Å². The van der Waals surface area contributed by atoms with Crippen molar-refractivity contribution in [3.8, 4) is 16.9 Å². The number of carbonyl (C=O) groups excluding carboxylic acids is 1. The number of nitrogens with zero attached hydrogens (tertiary/aromatic N) is 3. The zero-order valence-corrected chi connectivity index (χ0v) is 21.3. The Morgan fingerprint density at radius 1 is 1.14 bits per heavy atom. The molecule has 194 valence electrons. The molecule has 10 nitrogen and oxygen atoms in total. The Morgan fingerprint density at radius 3 is 2.50 bits per heavy atom. The monoisotopic (exact) mass is 516 g/mol. The second-order valence-corrected chi connectivity index (χ2v) is 11.6. The van der Waals surface area contributed by atoms with Crippen molar-refractivity contribution < 1.29 is 27.9 Å². The van der Waals surface area contributed by atoms with Gasteiger partial charge >= 0.3 is 0 Å². The first-order valence-corrected chi connectivity index (χ1v) is 13.7. The molecule has 3 aromatic rings. The Kier molecular flexibility index (Phi) is 7.94. The maximum atomic E-state index is 12.2. The van der Waals surface area contributed by atoms with E-state index in [0.29, 0.717) is 6.61 Å². The van der Waals surface area contributed by atoms with Crippen LogP contribution < -0.4 is 10.2 Å². The van der Waals surface area contributed by atoms with Gasteiger partial charge in [-0.25, -0.2) is 13.9 Å². The van der Waals surface area contributed by atoms with E-state index in [2.05, 4.69) is 10.00 Å². The summed E-state index contributed by atoms with van der Waals surface area (Å²) in [6.45, 7) is 6.43. The molecule has 1 aliphatic rings. The standard InChI is InChI=1S/C25H32N4O6S/c1-25(24(30)27-31,36(2,32)33)9-10-29-18-21-17-20(5-8-23(21)26-29)19-3-6-22(7-4-19)35-16-13-28-11-14-34-15-12-28/h3-8,17-18,31H,9-16H2,1-2H3,(H,27,30)/t25-/m1/s1. The van der Waals surface area contributed by atoms with Gasteiger partial charge in [0.15, 0.2) is 14.6 Å². The number of ether oxygens (including phenoxy) is 2. The number of rotatable bonds is 10. The average molecular weight is 517 g/mol. The van der Waals surface area contributed by atoms with Gasteiger partial charge in [-0.15, -0.1) is 0 Å².